The quantitative estimate of drug-likeness (QED) is 0.130. The highest BCUT2D eigenvalue weighted by Gasteiger charge is 2.45. The van der Waals surface area contributed by atoms with Crippen molar-refractivity contribution in [2.45, 2.75) is 235 Å². The lowest BCUT2D eigenvalue weighted by atomic mass is 9.91. The number of nitrogens with zero attached hydrogens (tertiary/aromatic N) is 7. The van der Waals surface area contributed by atoms with E-state index in [4.69, 9.17) is 0 Å². The smallest absolute Gasteiger partial charge is 0.246 e. The van der Waals surface area contributed by atoms with Gasteiger partial charge in [0, 0.05) is 49.3 Å². The lowest BCUT2D eigenvalue weighted by Crippen LogP contribution is -2.63. The predicted octanol–water partition coefficient (Wildman–Crippen LogP) is 3.80. The number of allylic oxidation sites excluding steroid dienone is 2. The second kappa shape index (κ2) is 36.2. The third-order valence-electron chi connectivity index (χ3n) is 16.2. The molecule has 12 atom stereocenters. The summed E-state index contributed by atoms with van der Waals surface area (Å²) in [6.45, 7) is 27.9. The van der Waals surface area contributed by atoms with E-state index in [1.54, 1.807) is 40.7 Å². The van der Waals surface area contributed by atoms with Crippen molar-refractivity contribution in [2.24, 2.45) is 35.5 Å². The van der Waals surface area contributed by atoms with E-state index in [1.165, 1.54) is 87.7 Å². The molecule has 23 heteroatoms. The average Bonchev–Trinajstić information content (AvgIpc) is 1.39. The molecule has 492 valence electrons. The van der Waals surface area contributed by atoms with Gasteiger partial charge in [0.2, 0.25) is 65.0 Å². The molecule has 1 aliphatic rings. The minimum Gasteiger partial charge on any atom is -0.390 e. The summed E-state index contributed by atoms with van der Waals surface area (Å²) >= 11 is 0. The lowest BCUT2D eigenvalue weighted by molar-refractivity contribution is -0.157. The fourth-order valence-electron chi connectivity index (χ4n) is 11.0. The number of nitrogens with one attached hydrogen (secondary N) is 4. The first-order chi connectivity index (χ1) is 39.8. The van der Waals surface area contributed by atoms with Gasteiger partial charge in [-0.25, -0.2) is 0 Å². The standard InChI is InChI=1S/C63H113N11O12/c1-24-27-30-41(14)53(76)52-57(80)67-44(28-25-2)59(82)68(17)35-50(75)69(18)46(31-36(4)5)56(79)66-45(29-26-3)60(83)70(19)47(32-37(6)7)55(78)64-42(15)54(77)65-43(16)58(81)71(20)48(33-38(8)9)61(84)72(21)49(34-39(10)11)62(85)73(22)51(40(12)13)63(86)74(52)23/h24,27,36-49,51-53,76H,25-26,28-35H2,1-23H3,(H,64,78)(H,65,77)(H,66,79)(H,67,80)/b27-24+/t41-,42+,43-,44+,45+,46+,47+,48+,49+,51+,52+,53-/m1/s1. The summed E-state index contributed by atoms with van der Waals surface area (Å²) in [5.74, 6) is -9.07. The largest absolute Gasteiger partial charge is 0.390 e. The molecule has 1 aliphatic heterocycles. The number of aliphatic hydroxyl groups is 1. The van der Waals surface area contributed by atoms with Gasteiger partial charge in [-0.3, -0.25) is 52.7 Å². The molecular weight excluding hydrogens is 1100 g/mol. The van der Waals surface area contributed by atoms with Crippen molar-refractivity contribution in [3.63, 3.8) is 0 Å². The van der Waals surface area contributed by atoms with Crippen LogP contribution in [0.4, 0.5) is 0 Å². The second-order valence-corrected chi connectivity index (χ2v) is 26.1. The zero-order valence-corrected chi connectivity index (χ0v) is 56.6. The first-order valence-electron chi connectivity index (χ1n) is 31.2. The molecule has 1 rings (SSSR count). The third kappa shape index (κ3) is 22.2. The zero-order chi connectivity index (χ0) is 66.5. The summed E-state index contributed by atoms with van der Waals surface area (Å²) in [6.07, 6.45) is 4.15. The Labute approximate surface area is 515 Å². The molecule has 86 heavy (non-hydrogen) atoms. The van der Waals surface area contributed by atoms with Gasteiger partial charge in [-0.2, -0.15) is 0 Å². The molecule has 0 bridgehead atoms. The van der Waals surface area contributed by atoms with E-state index < -0.39 is 150 Å². The van der Waals surface area contributed by atoms with Crippen molar-refractivity contribution in [3.8, 4) is 0 Å². The van der Waals surface area contributed by atoms with Gasteiger partial charge in [0.1, 0.15) is 60.4 Å². The van der Waals surface area contributed by atoms with E-state index >= 15 is 9.59 Å². The summed E-state index contributed by atoms with van der Waals surface area (Å²) in [5, 5.41) is 23.2. The van der Waals surface area contributed by atoms with Crippen LogP contribution in [-0.4, -0.2) is 227 Å². The Morgan fingerprint density at radius 2 is 0.837 bits per heavy atom. The average molecular weight is 1220 g/mol. The van der Waals surface area contributed by atoms with E-state index in [1.807, 2.05) is 68.4 Å². The monoisotopic (exact) mass is 1220 g/mol. The van der Waals surface area contributed by atoms with Gasteiger partial charge in [-0.1, -0.05) is 115 Å². The summed E-state index contributed by atoms with van der Waals surface area (Å²) in [4.78, 5) is 169. The fraction of sp³-hybridized carbons (Fsp3) is 0.794. The maximum atomic E-state index is 15.2. The third-order valence-corrected chi connectivity index (χ3v) is 16.2. The van der Waals surface area contributed by atoms with Crippen molar-refractivity contribution in [2.75, 3.05) is 55.9 Å². The molecule has 0 spiro atoms. The number of aliphatic hydroxyl groups excluding tert-OH is 1. The Kier molecular flexibility index (Phi) is 32.8. The van der Waals surface area contributed by atoms with Gasteiger partial charge in [0.25, 0.3) is 0 Å². The van der Waals surface area contributed by atoms with Gasteiger partial charge in [-0.05, 0) is 101 Å². The highest BCUT2D eigenvalue weighted by atomic mass is 16.3. The summed E-state index contributed by atoms with van der Waals surface area (Å²) in [5.41, 5.74) is 0. The Morgan fingerprint density at radius 1 is 0.453 bits per heavy atom. The van der Waals surface area contributed by atoms with Crippen molar-refractivity contribution >= 4 is 65.0 Å². The van der Waals surface area contributed by atoms with Crippen LogP contribution in [0, 0.1) is 35.5 Å². The Morgan fingerprint density at radius 3 is 1.29 bits per heavy atom. The molecule has 1 fully saturated rings. The van der Waals surface area contributed by atoms with E-state index in [-0.39, 0.29) is 62.2 Å². The second-order valence-electron chi connectivity index (χ2n) is 26.1. The Bertz CT molecular complexity index is 2330. The fourth-order valence-corrected chi connectivity index (χ4v) is 11.0. The van der Waals surface area contributed by atoms with Crippen molar-refractivity contribution < 1.29 is 57.8 Å². The van der Waals surface area contributed by atoms with E-state index in [9.17, 15) is 48.3 Å². The van der Waals surface area contributed by atoms with Crippen molar-refractivity contribution in [3.05, 3.63) is 12.2 Å². The van der Waals surface area contributed by atoms with E-state index in [0.717, 1.165) is 9.80 Å². The van der Waals surface area contributed by atoms with Gasteiger partial charge >= 0.3 is 0 Å². The molecule has 0 aromatic heterocycles. The first-order valence-corrected chi connectivity index (χ1v) is 31.2. The number of amides is 11. The molecule has 0 aliphatic carbocycles. The number of hydrogen-bond donors (Lipinski definition) is 5. The number of hydrogen-bond acceptors (Lipinski definition) is 12. The van der Waals surface area contributed by atoms with E-state index in [2.05, 4.69) is 21.3 Å². The van der Waals surface area contributed by atoms with Crippen LogP contribution >= 0.6 is 0 Å². The molecule has 1 saturated heterocycles. The number of rotatable bonds is 17. The summed E-state index contributed by atoms with van der Waals surface area (Å²) in [7, 11) is 9.97. The summed E-state index contributed by atoms with van der Waals surface area (Å²) < 4.78 is 0. The number of carbonyl (C=O) groups excluding carboxylic acids is 11. The van der Waals surface area contributed by atoms with Gasteiger partial charge in [-0.15, -0.1) is 0 Å². The first kappa shape index (κ1) is 77.9. The summed E-state index contributed by atoms with van der Waals surface area (Å²) in [6, 6.07) is -12.2. The van der Waals surface area contributed by atoms with Crippen LogP contribution in [0.15, 0.2) is 12.2 Å². The van der Waals surface area contributed by atoms with Crippen LogP contribution in [0.25, 0.3) is 0 Å². The van der Waals surface area contributed by atoms with Crippen molar-refractivity contribution in [1.82, 2.24) is 55.6 Å². The predicted molar refractivity (Wildman–Crippen MR) is 333 cm³/mol. The molecular formula is C63H113N11O12. The van der Waals surface area contributed by atoms with Gasteiger partial charge in [0.05, 0.1) is 12.6 Å². The van der Waals surface area contributed by atoms with Crippen LogP contribution in [-0.2, 0) is 52.7 Å². The highest BCUT2D eigenvalue weighted by Crippen LogP contribution is 2.26. The molecule has 5 N–H and O–H groups in total. The molecule has 1 heterocycles. The maximum absolute atomic E-state index is 15.2. The molecule has 0 radical (unpaired) electrons. The minimum absolute atomic E-state index is 0.0945. The molecule has 0 unspecified atom stereocenters. The van der Waals surface area contributed by atoms with Crippen LogP contribution < -0.4 is 21.3 Å². The van der Waals surface area contributed by atoms with Crippen LogP contribution in [0.5, 0.6) is 0 Å². The lowest BCUT2D eigenvalue weighted by Gasteiger charge is -2.41. The molecule has 11 amide bonds. The number of likely N-dealkylation sites (N-methyl/N-ethyl adjacent to an activating group) is 7. The van der Waals surface area contributed by atoms with Gasteiger partial charge < -0.3 is 60.7 Å². The van der Waals surface area contributed by atoms with E-state index in [0.29, 0.717) is 19.3 Å². The molecule has 0 aromatic rings. The normalized spacial score (nSPS) is 26.7. The van der Waals surface area contributed by atoms with Gasteiger partial charge in [0.15, 0.2) is 0 Å². The number of carbonyl (C=O) groups is 11. The Hall–Kier alpha value is -6.13. The minimum atomic E-state index is -1.61. The molecule has 23 nitrogen and oxygen atoms in total. The van der Waals surface area contributed by atoms with Crippen LogP contribution in [0.2, 0.25) is 0 Å². The topological polar surface area (TPSA) is 279 Å². The van der Waals surface area contributed by atoms with Crippen molar-refractivity contribution in [1.29, 1.82) is 0 Å². The molecule has 0 aromatic carbocycles. The zero-order valence-electron chi connectivity index (χ0n) is 56.6. The highest BCUT2D eigenvalue weighted by molar-refractivity contribution is 5.99. The van der Waals surface area contributed by atoms with Crippen LogP contribution in [0.1, 0.15) is 169 Å². The SMILES string of the molecule is C/C=C/C[C@@H](C)[C@@H](O)[C@H]1C(=O)N[C@@H](CCC)C(=O)N(C)CC(=O)N(C)[C@@H](CC(C)C)C(=O)N[C@@H](CCC)C(=O)N(C)[C@@H](CC(C)C)C(=O)N[C@@H](C)C(=O)N[C@H](C)C(=O)N(C)[C@@H](CC(C)C)C(=O)N(C)[C@@H](CC(C)C)C(=O)N(C)[C@@H](C(C)C)C(=O)N1C. The molecule has 0 saturated carbocycles. The van der Waals surface area contributed by atoms with Crippen LogP contribution in [0.3, 0.4) is 0 Å². The Balaban J connectivity index is 4.35. The maximum Gasteiger partial charge on any atom is 0.246 e.